The molecule has 0 unspecified atom stereocenters. The van der Waals surface area contributed by atoms with Gasteiger partial charge in [0.2, 0.25) is 0 Å². The van der Waals surface area contributed by atoms with E-state index in [9.17, 15) is 14.4 Å². The molecule has 1 fully saturated rings. The van der Waals surface area contributed by atoms with Gasteiger partial charge in [-0.2, -0.15) is 0 Å². The van der Waals surface area contributed by atoms with Crippen molar-refractivity contribution >= 4 is 35.0 Å². The van der Waals surface area contributed by atoms with Crippen molar-refractivity contribution in [2.24, 2.45) is 0 Å². The van der Waals surface area contributed by atoms with Crippen LogP contribution >= 0.6 is 11.8 Å². The normalized spacial score (nSPS) is 14.4. The molecule has 2 amide bonds. The molecule has 1 saturated heterocycles. The number of imide groups is 1. The van der Waals surface area contributed by atoms with E-state index in [1.54, 1.807) is 60.9 Å². The van der Waals surface area contributed by atoms with Gasteiger partial charge < -0.3 is 9.47 Å². The zero-order chi connectivity index (χ0) is 21.6. The minimum atomic E-state index is -0.460. The number of aromatic nitrogens is 1. The molecule has 0 saturated carbocycles. The molecule has 7 nitrogen and oxygen atoms in total. The molecule has 0 spiro atoms. The van der Waals surface area contributed by atoms with Crippen LogP contribution in [0.5, 0.6) is 11.5 Å². The van der Waals surface area contributed by atoms with Crippen molar-refractivity contribution in [1.82, 2.24) is 10.3 Å². The lowest BCUT2D eigenvalue weighted by molar-refractivity contribution is -0.115. The molecule has 4 rings (SSSR count). The number of ether oxygens (including phenoxy) is 2. The Kier molecular flexibility index (Phi) is 6.09. The summed E-state index contributed by atoms with van der Waals surface area (Å²) in [7, 11) is 0. The third-order valence-electron chi connectivity index (χ3n) is 4.25. The second-order valence-corrected chi connectivity index (χ2v) is 7.50. The van der Waals surface area contributed by atoms with E-state index < -0.39 is 17.1 Å². The van der Waals surface area contributed by atoms with E-state index >= 15 is 0 Å². The highest BCUT2D eigenvalue weighted by Gasteiger charge is 2.24. The van der Waals surface area contributed by atoms with Gasteiger partial charge in [0, 0.05) is 6.20 Å². The first-order valence-electron chi connectivity index (χ1n) is 9.26. The fourth-order valence-electron chi connectivity index (χ4n) is 2.72. The molecular weight excluding hydrogens is 416 g/mol. The Morgan fingerprint density at radius 1 is 1.00 bits per heavy atom. The number of thioether (sulfide) groups is 1. The minimum absolute atomic E-state index is 0.122. The van der Waals surface area contributed by atoms with Gasteiger partial charge in [0.05, 0.1) is 16.7 Å². The molecule has 2 heterocycles. The molecule has 8 heteroatoms. The third-order valence-corrected chi connectivity index (χ3v) is 5.06. The van der Waals surface area contributed by atoms with E-state index in [1.807, 2.05) is 18.2 Å². The summed E-state index contributed by atoms with van der Waals surface area (Å²) in [4.78, 5) is 39.4. The van der Waals surface area contributed by atoms with Crippen LogP contribution in [0.4, 0.5) is 4.79 Å². The second-order valence-electron chi connectivity index (χ2n) is 6.49. The Balaban J connectivity index is 1.32. The lowest BCUT2D eigenvalue weighted by Crippen LogP contribution is -2.17. The van der Waals surface area contributed by atoms with E-state index in [4.69, 9.17) is 9.47 Å². The number of amides is 2. The molecule has 0 atom stereocenters. The highest BCUT2D eigenvalue weighted by molar-refractivity contribution is 8.18. The summed E-state index contributed by atoms with van der Waals surface area (Å²) in [6.45, 7) is 0.122. The maximum Gasteiger partial charge on any atom is 0.338 e. The predicted octanol–water partition coefficient (Wildman–Crippen LogP) is 4.55. The van der Waals surface area contributed by atoms with E-state index in [0.29, 0.717) is 27.5 Å². The number of rotatable bonds is 6. The smallest absolute Gasteiger partial charge is 0.338 e. The molecule has 1 aliphatic rings. The Morgan fingerprint density at radius 2 is 1.77 bits per heavy atom. The number of hydrogen-bond donors (Lipinski definition) is 1. The lowest BCUT2D eigenvalue weighted by atomic mass is 10.1. The monoisotopic (exact) mass is 432 g/mol. The van der Waals surface area contributed by atoms with Crippen molar-refractivity contribution in [3.05, 3.63) is 94.7 Å². The van der Waals surface area contributed by atoms with Crippen LogP contribution in [0, 0.1) is 0 Å². The van der Waals surface area contributed by atoms with Gasteiger partial charge in [-0.1, -0.05) is 24.3 Å². The van der Waals surface area contributed by atoms with Crippen molar-refractivity contribution in [3.8, 4) is 11.5 Å². The number of carbonyl (C=O) groups is 3. The van der Waals surface area contributed by atoms with Crippen LogP contribution in [0.1, 0.15) is 21.5 Å². The molecule has 2 aromatic carbocycles. The van der Waals surface area contributed by atoms with Gasteiger partial charge in [0.15, 0.2) is 0 Å². The van der Waals surface area contributed by atoms with Crippen molar-refractivity contribution in [1.29, 1.82) is 0 Å². The van der Waals surface area contributed by atoms with E-state index in [0.717, 1.165) is 17.3 Å². The predicted molar refractivity (Wildman–Crippen MR) is 115 cm³/mol. The van der Waals surface area contributed by atoms with Crippen LogP contribution in [-0.2, 0) is 16.1 Å². The maximum atomic E-state index is 12.3. The Bertz CT molecular complexity index is 1140. The molecule has 0 radical (unpaired) electrons. The van der Waals surface area contributed by atoms with Crippen LogP contribution in [0.15, 0.2) is 78.0 Å². The molecule has 154 valence electrons. The molecular formula is C23H16N2O5S. The maximum absolute atomic E-state index is 12.3. The number of esters is 1. The average Bonchev–Trinajstić information content (AvgIpc) is 3.10. The Morgan fingerprint density at radius 3 is 2.42 bits per heavy atom. The van der Waals surface area contributed by atoms with Gasteiger partial charge in [-0.25, -0.2) is 4.79 Å². The standard InChI is InChI=1S/C23H16N2O5S/c26-21-20(31-23(28)25-21)12-15-3-7-17(8-4-15)22(27)29-14-16-5-9-18(10-6-16)30-19-2-1-11-24-13-19/h1-13H,14H2,(H,25,26,28)/b20-12+. The van der Waals surface area contributed by atoms with Crippen molar-refractivity contribution < 1.29 is 23.9 Å². The van der Waals surface area contributed by atoms with Crippen LogP contribution in [-0.4, -0.2) is 22.1 Å². The van der Waals surface area contributed by atoms with Crippen molar-refractivity contribution in [2.45, 2.75) is 6.61 Å². The number of benzene rings is 2. The van der Waals surface area contributed by atoms with Gasteiger partial charge >= 0.3 is 5.97 Å². The summed E-state index contributed by atoms with van der Waals surface area (Å²) in [5.74, 6) is 0.413. The van der Waals surface area contributed by atoms with Crippen LogP contribution in [0.25, 0.3) is 6.08 Å². The summed E-state index contributed by atoms with van der Waals surface area (Å²) in [5, 5.41) is 1.80. The highest BCUT2D eigenvalue weighted by atomic mass is 32.2. The molecule has 0 aliphatic carbocycles. The average molecular weight is 432 g/mol. The molecule has 1 aromatic heterocycles. The van der Waals surface area contributed by atoms with E-state index in [2.05, 4.69) is 10.3 Å². The van der Waals surface area contributed by atoms with Gasteiger partial charge in [-0.15, -0.1) is 0 Å². The molecule has 3 aromatic rings. The summed E-state index contributed by atoms with van der Waals surface area (Å²) in [6.07, 6.45) is 4.89. The zero-order valence-corrected chi connectivity index (χ0v) is 16.9. The highest BCUT2D eigenvalue weighted by Crippen LogP contribution is 2.25. The van der Waals surface area contributed by atoms with Crippen molar-refractivity contribution in [3.63, 3.8) is 0 Å². The summed E-state index contributed by atoms with van der Waals surface area (Å²) in [5.41, 5.74) is 1.91. The first-order valence-corrected chi connectivity index (χ1v) is 10.1. The molecule has 0 bridgehead atoms. The number of nitrogens with one attached hydrogen (secondary N) is 1. The minimum Gasteiger partial charge on any atom is -0.457 e. The SMILES string of the molecule is O=C1NC(=O)/C(=C\c2ccc(C(=O)OCc3ccc(Oc4cccnc4)cc3)cc2)S1. The van der Waals surface area contributed by atoms with Gasteiger partial charge in [0.1, 0.15) is 18.1 Å². The zero-order valence-electron chi connectivity index (χ0n) is 16.1. The first kappa shape index (κ1) is 20.4. The molecule has 1 aliphatic heterocycles. The summed E-state index contributed by atoms with van der Waals surface area (Å²) >= 11 is 0.844. The number of nitrogens with zero attached hydrogens (tertiary/aromatic N) is 1. The fraction of sp³-hybridized carbons (Fsp3) is 0.0435. The molecule has 1 N–H and O–H groups in total. The first-order chi connectivity index (χ1) is 15.1. The van der Waals surface area contributed by atoms with Crippen LogP contribution in [0.2, 0.25) is 0 Å². The number of pyridine rings is 1. The van der Waals surface area contributed by atoms with Gasteiger partial charge in [-0.3, -0.25) is 19.9 Å². The third kappa shape index (κ3) is 5.37. The second kappa shape index (κ2) is 9.27. The quantitative estimate of drug-likeness (QED) is 0.451. The Labute approximate surface area is 182 Å². The van der Waals surface area contributed by atoms with Crippen molar-refractivity contribution in [2.75, 3.05) is 0 Å². The lowest BCUT2D eigenvalue weighted by Gasteiger charge is -2.08. The number of carbonyl (C=O) groups excluding carboxylic acids is 3. The fourth-order valence-corrected chi connectivity index (χ4v) is 3.40. The van der Waals surface area contributed by atoms with Gasteiger partial charge in [0.25, 0.3) is 11.1 Å². The Hall–Kier alpha value is -3.91. The van der Waals surface area contributed by atoms with Gasteiger partial charge in [-0.05, 0) is 65.4 Å². The molecule has 31 heavy (non-hydrogen) atoms. The van der Waals surface area contributed by atoms with Crippen LogP contribution in [0.3, 0.4) is 0 Å². The summed E-state index contributed by atoms with van der Waals surface area (Å²) < 4.78 is 11.0. The van der Waals surface area contributed by atoms with Crippen LogP contribution < -0.4 is 10.1 Å². The number of hydrogen-bond acceptors (Lipinski definition) is 7. The largest absolute Gasteiger partial charge is 0.457 e. The van der Waals surface area contributed by atoms with E-state index in [-0.39, 0.29) is 6.61 Å². The summed E-state index contributed by atoms with van der Waals surface area (Å²) in [6, 6.07) is 17.4. The van der Waals surface area contributed by atoms with E-state index in [1.165, 1.54) is 0 Å². The topological polar surface area (TPSA) is 94.6 Å².